The SMILES string of the molecule is Cc1cc(C(=O)NCC2COCCO2)sc1C#CCO. The lowest BCUT2D eigenvalue weighted by Crippen LogP contribution is -2.39. The molecule has 0 radical (unpaired) electrons. The van der Waals surface area contributed by atoms with E-state index in [1.165, 1.54) is 11.3 Å². The normalized spacial score (nSPS) is 18.2. The van der Waals surface area contributed by atoms with E-state index in [0.717, 1.165) is 10.4 Å². The smallest absolute Gasteiger partial charge is 0.261 e. The van der Waals surface area contributed by atoms with Crippen LogP contribution in [0.15, 0.2) is 6.07 Å². The Labute approximate surface area is 121 Å². The second-order valence-corrected chi connectivity index (χ2v) is 5.41. The minimum Gasteiger partial charge on any atom is -0.384 e. The zero-order chi connectivity index (χ0) is 14.4. The molecule has 0 bridgehead atoms. The highest BCUT2D eigenvalue weighted by atomic mass is 32.1. The van der Waals surface area contributed by atoms with E-state index < -0.39 is 0 Å². The largest absolute Gasteiger partial charge is 0.384 e. The molecule has 20 heavy (non-hydrogen) atoms. The molecule has 108 valence electrons. The van der Waals surface area contributed by atoms with Gasteiger partial charge in [0.25, 0.3) is 5.91 Å². The number of aryl methyl sites for hydroxylation is 1. The molecule has 1 aliphatic heterocycles. The lowest BCUT2D eigenvalue weighted by Gasteiger charge is -2.22. The van der Waals surface area contributed by atoms with E-state index in [4.69, 9.17) is 14.6 Å². The van der Waals surface area contributed by atoms with Crippen LogP contribution in [0.4, 0.5) is 0 Å². The quantitative estimate of drug-likeness (QED) is 0.799. The van der Waals surface area contributed by atoms with Crippen molar-refractivity contribution in [1.82, 2.24) is 5.32 Å². The van der Waals surface area contributed by atoms with Gasteiger partial charge in [-0.05, 0) is 18.6 Å². The fourth-order valence-electron chi connectivity index (χ4n) is 1.79. The van der Waals surface area contributed by atoms with Crippen LogP contribution in [-0.4, -0.2) is 50.1 Å². The topological polar surface area (TPSA) is 67.8 Å². The Bertz CT molecular complexity index is 523. The van der Waals surface area contributed by atoms with Gasteiger partial charge in [-0.2, -0.15) is 0 Å². The Morgan fingerprint density at radius 3 is 3.15 bits per heavy atom. The molecule has 5 nitrogen and oxygen atoms in total. The van der Waals surface area contributed by atoms with E-state index in [2.05, 4.69) is 17.2 Å². The molecule has 1 fully saturated rings. The van der Waals surface area contributed by atoms with Crippen molar-refractivity contribution < 1.29 is 19.4 Å². The van der Waals surface area contributed by atoms with Crippen molar-refractivity contribution in [2.24, 2.45) is 0 Å². The molecule has 1 saturated heterocycles. The summed E-state index contributed by atoms with van der Waals surface area (Å²) in [6.07, 6.45) is -0.0811. The Kier molecular flexibility index (Phi) is 5.56. The van der Waals surface area contributed by atoms with Crippen LogP contribution in [-0.2, 0) is 9.47 Å². The number of hydrogen-bond donors (Lipinski definition) is 2. The monoisotopic (exact) mass is 295 g/mol. The van der Waals surface area contributed by atoms with Crippen molar-refractivity contribution in [3.63, 3.8) is 0 Å². The highest BCUT2D eigenvalue weighted by molar-refractivity contribution is 7.14. The van der Waals surface area contributed by atoms with Crippen LogP contribution in [0.5, 0.6) is 0 Å². The van der Waals surface area contributed by atoms with Gasteiger partial charge < -0.3 is 19.9 Å². The van der Waals surface area contributed by atoms with Gasteiger partial charge in [0, 0.05) is 6.54 Å². The number of aliphatic hydroxyl groups excluding tert-OH is 1. The molecule has 1 atom stereocenters. The first-order chi connectivity index (χ1) is 9.70. The Morgan fingerprint density at radius 1 is 1.60 bits per heavy atom. The number of ether oxygens (including phenoxy) is 2. The van der Waals surface area contributed by atoms with Crippen molar-refractivity contribution >= 4 is 17.2 Å². The van der Waals surface area contributed by atoms with Gasteiger partial charge in [-0.1, -0.05) is 11.8 Å². The van der Waals surface area contributed by atoms with Gasteiger partial charge in [0.2, 0.25) is 0 Å². The van der Waals surface area contributed by atoms with Gasteiger partial charge in [0.1, 0.15) is 6.61 Å². The van der Waals surface area contributed by atoms with Crippen molar-refractivity contribution in [2.75, 3.05) is 33.0 Å². The summed E-state index contributed by atoms with van der Waals surface area (Å²) < 4.78 is 10.7. The highest BCUT2D eigenvalue weighted by Crippen LogP contribution is 2.20. The van der Waals surface area contributed by atoms with E-state index in [1.807, 2.05) is 6.92 Å². The number of rotatable bonds is 3. The Hall–Kier alpha value is -1.39. The van der Waals surface area contributed by atoms with Crippen LogP contribution in [0.1, 0.15) is 20.1 Å². The van der Waals surface area contributed by atoms with Crippen LogP contribution in [0.3, 0.4) is 0 Å². The zero-order valence-corrected chi connectivity index (χ0v) is 12.1. The van der Waals surface area contributed by atoms with Crippen molar-refractivity contribution in [1.29, 1.82) is 0 Å². The van der Waals surface area contributed by atoms with Gasteiger partial charge in [-0.3, -0.25) is 4.79 Å². The molecule has 0 saturated carbocycles. The molecule has 1 unspecified atom stereocenters. The van der Waals surface area contributed by atoms with Crippen LogP contribution in [0.2, 0.25) is 0 Å². The number of aliphatic hydroxyl groups is 1. The standard InChI is InChI=1S/C14H17NO4S/c1-10-7-13(20-12(10)3-2-4-16)14(17)15-8-11-9-18-5-6-19-11/h7,11,16H,4-6,8-9H2,1H3,(H,15,17). The predicted molar refractivity (Wildman–Crippen MR) is 75.9 cm³/mol. The highest BCUT2D eigenvalue weighted by Gasteiger charge is 2.17. The van der Waals surface area contributed by atoms with Gasteiger partial charge in [0.15, 0.2) is 0 Å². The van der Waals surface area contributed by atoms with E-state index in [9.17, 15) is 4.79 Å². The van der Waals surface area contributed by atoms with Crippen LogP contribution < -0.4 is 5.32 Å². The van der Waals surface area contributed by atoms with Crippen molar-refractivity contribution in [3.05, 3.63) is 21.4 Å². The molecule has 1 aliphatic rings. The number of carbonyl (C=O) groups excluding carboxylic acids is 1. The fourth-order valence-corrected chi connectivity index (χ4v) is 2.75. The minimum absolute atomic E-state index is 0.0811. The first-order valence-corrected chi connectivity index (χ1v) is 7.20. The maximum absolute atomic E-state index is 12.0. The first-order valence-electron chi connectivity index (χ1n) is 6.38. The summed E-state index contributed by atoms with van der Waals surface area (Å²) in [6, 6.07) is 1.81. The molecule has 0 aliphatic carbocycles. The third-order valence-electron chi connectivity index (χ3n) is 2.80. The molecule has 1 aromatic heterocycles. The molecular weight excluding hydrogens is 278 g/mol. The molecule has 2 N–H and O–H groups in total. The lowest BCUT2D eigenvalue weighted by atomic mass is 10.2. The minimum atomic E-state index is -0.183. The fraction of sp³-hybridized carbons (Fsp3) is 0.500. The number of carbonyl (C=O) groups is 1. The Balaban J connectivity index is 1.91. The van der Waals surface area contributed by atoms with Crippen molar-refractivity contribution in [2.45, 2.75) is 13.0 Å². The van der Waals surface area contributed by atoms with Crippen molar-refractivity contribution in [3.8, 4) is 11.8 Å². The Morgan fingerprint density at radius 2 is 2.45 bits per heavy atom. The molecule has 2 rings (SSSR count). The van der Waals surface area contributed by atoms with Gasteiger partial charge >= 0.3 is 0 Å². The predicted octanol–water partition coefficient (Wildman–Crippen LogP) is 0.546. The molecule has 1 amide bonds. The van der Waals surface area contributed by atoms with Gasteiger partial charge in [-0.25, -0.2) is 0 Å². The van der Waals surface area contributed by atoms with Crippen LogP contribution in [0.25, 0.3) is 0 Å². The number of hydrogen-bond acceptors (Lipinski definition) is 5. The molecule has 0 spiro atoms. The first kappa shape index (κ1) is 15.0. The van der Waals surface area contributed by atoms with Crippen LogP contribution >= 0.6 is 11.3 Å². The van der Waals surface area contributed by atoms with E-state index in [-0.39, 0.29) is 18.6 Å². The van der Waals surface area contributed by atoms with E-state index in [1.54, 1.807) is 6.07 Å². The summed E-state index contributed by atoms with van der Waals surface area (Å²) in [5, 5.41) is 11.5. The molecule has 0 aromatic carbocycles. The zero-order valence-electron chi connectivity index (χ0n) is 11.3. The second kappa shape index (κ2) is 7.41. The van der Waals surface area contributed by atoms with E-state index >= 15 is 0 Å². The second-order valence-electron chi connectivity index (χ2n) is 4.36. The van der Waals surface area contributed by atoms with E-state index in [0.29, 0.717) is 31.2 Å². The third-order valence-corrected chi connectivity index (χ3v) is 3.95. The van der Waals surface area contributed by atoms with Gasteiger partial charge in [0.05, 0.1) is 35.7 Å². The summed E-state index contributed by atoms with van der Waals surface area (Å²) >= 11 is 1.33. The molecular formula is C14H17NO4S. The third kappa shape index (κ3) is 4.05. The number of nitrogens with one attached hydrogen (secondary N) is 1. The summed E-state index contributed by atoms with van der Waals surface area (Å²) in [7, 11) is 0. The maximum atomic E-state index is 12.0. The lowest BCUT2D eigenvalue weighted by molar-refractivity contribution is -0.0855. The average molecular weight is 295 g/mol. The van der Waals surface area contributed by atoms with Gasteiger partial charge in [-0.15, -0.1) is 11.3 Å². The average Bonchev–Trinajstić information content (AvgIpc) is 2.85. The molecule has 6 heteroatoms. The van der Waals surface area contributed by atoms with Crippen LogP contribution in [0, 0.1) is 18.8 Å². The number of thiophene rings is 1. The molecule has 2 heterocycles. The maximum Gasteiger partial charge on any atom is 0.261 e. The molecule has 1 aromatic rings. The summed E-state index contributed by atoms with van der Waals surface area (Å²) in [5.41, 5.74) is 0.943. The summed E-state index contributed by atoms with van der Waals surface area (Å²) in [6.45, 7) is 3.84. The number of amides is 1. The summed E-state index contributed by atoms with van der Waals surface area (Å²) in [4.78, 5) is 13.5. The summed E-state index contributed by atoms with van der Waals surface area (Å²) in [5.74, 6) is 5.29.